The van der Waals surface area contributed by atoms with E-state index in [9.17, 15) is 0 Å². The first-order valence-electron chi connectivity index (χ1n) is 15.5. The predicted octanol–water partition coefficient (Wildman–Crippen LogP) is 11.0. The fourth-order valence-electron chi connectivity index (χ4n) is 6.75. The van der Waals surface area contributed by atoms with Crippen LogP contribution < -0.4 is 0 Å². The molecule has 1 aliphatic carbocycles. The van der Waals surface area contributed by atoms with Gasteiger partial charge in [-0.05, 0) is 55.3 Å². The zero-order valence-corrected chi connectivity index (χ0v) is 24.9. The molecule has 0 amide bonds. The van der Waals surface area contributed by atoms with Crippen molar-refractivity contribution in [1.82, 2.24) is 15.0 Å². The Bertz CT molecular complexity index is 2310. The van der Waals surface area contributed by atoms with Crippen molar-refractivity contribution in [2.75, 3.05) is 0 Å². The highest BCUT2D eigenvalue weighted by Gasteiger charge is 2.22. The molecule has 3 heteroatoms. The lowest BCUT2D eigenvalue weighted by Gasteiger charge is -2.13. The summed E-state index contributed by atoms with van der Waals surface area (Å²) < 4.78 is 0. The lowest BCUT2D eigenvalue weighted by molar-refractivity contribution is 1.07. The molecule has 0 atom stereocenters. The first-order chi connectivity index (χ1) is 22.8. The van der Waals surface area contributed by atoms with Crippen molar-refractivity contribution in [3.63, 3.8) is 0 Å². The maximum Gasteiger partial charge on any atom is 0.164 e. The number of aromatic nitrogens is 3. The number of hydrogen-bond donors (Lipinski definition) is 0. The second kappa shape index (κ2) is 10.8. The van der Waals surface area contributed by atoms with Gasteiger partial charge in [-0.25, -0.2) is 15.0 Å². The maximum atomic E-state index is 5.00. The Kier molecular flexibility index (Phi) is 6.14. The molecule has 0 spiro atoms. The molecule has 0 aliphatic heterocycles. The lowest BCUT2D eigenvalue weighted by Crippen LogP contribution is -2.01. The molecule has 0 saturated carbocycles. The average Bonchev–Trinajstić information content (AvgIpc) is 3.47. The third kappa shape index (κ3) is 4.33. The minimum absolute atomic E-state index is 0.652. The van der Waals surface area contributed by atoms with Crippen LogP contribution in [0, 0.1) is 0 Å². The van der Waals surface area contributed by atoms with Crippen LogP contribution in [0.1, 0.15) is 0 Å². The van der Waals surface area contributed by atoms with Crippen molar-refractivity contribution in [1.29, 1.82) is 0 Å². The number of benzene rings is 7. The Labute approximate surface area is 267 Å². The summed E-state index contributed by atoms with van der Waals surface area (Å²) in [4.78, 5) is 14.9. The van der Waals surface area contributed by atoms with Crippen LogP contribution >= 0.6 is 0 Å². The molecule has 0 saturated heterocycles. The van der Waals surface area contributed by atoms with Gasteiger partial charge in [0.2, 0.25) is 0 Å². The molecule has 1 aromatic heterocycles. The molecule has 0 fully saturated rings. The molecule has 1 heterocycles. The van der Waals surface area contributed by atoms with E-state index in [1.54, 1.807) is 0 Å². The molecular weight excluding hydrogens is 558 g/mol. The van der Waals surface area contributed by atoms with Gasteiger partial charge in [0, 0.05) is 16.7 Å². The fourth-order valence-corrected chi connectivity index (χ4v) is 6.75. The van der Waals surface area contributed by atoms with E-state index in [1.807, 2.05) is 66.7 Å². The second-order valence-electron chi connectivity index (χ2n) is 11.6. The molecule has 46 heavy (non-hydrogen) atoms. The van der Waals surface area contributed by atoms with Gasteiger partial charge in [-0.1, -0.05) is 164 Å². The van der Waals surface area contributed by atoms with E-state index in [-0.39, 0.29) is 0 Å². The molecule has 0 radical (unpaired) electrons. The SMILES string of the molecule is c1ccc(-c2nc(-c3ccccc3)nc(-c3ccccc3-c3ccc(-c4ccc5c6c(cccc46)-c4ccccc4-5)cc3)n2)cc1. The highest BCUT2D eigenvalue weighted by atomic mass is 15.0. The van der Waals surface area contributed by atoms with Gasteiger partial charge in [0.15, 0.2) is 17.5 Å². The van der Waals surface area contributed by atoms with Gasteiger partial charge in [-0.15, -0.1) is 0 Å². The smallest absolute Gasteiger partial charge is 0.164 e. The molecule has 214 valence electrons. The number of hydrogen-bond acceptors (Lipinski definition) is 3. The van der Waals surface area contributed by atoms with Crippen LogP contribution in [0.5, 0.6) is 0 Å². The van der Waals surface area contributed by atoms with E-state index in [2.05, 4.69) is 97.1 Å². The van der Waals surface area contributed by atoms with Crippen molar-refractivity contribution < 1.29 is 0 Å². The first-order valence-corrected chi connectivity index (χ1v) is 15.5. The van der Waals surface area contributed by atoms with Gasteiger partial charge in [0.1, 0.15) is 0 Å². The lowest BCUT2D eigenvalue weighted by atomic mass is 9.92. The van der Waals surface area contributed by atoms with E-state index in [0.717, 1.165) is 27.8 Å². The van der Waals surface area contributed by atoms with Gasteiger partial charge < -0.3 is 0 Å². The topological polar surface area (TPSA) is 38.7 Å². The number of fused-ring (bicyclic) bond motifs is 3. The first kappa shape index (κ1) is 26.2. The summed E-state index contributed by atoms with van der Waals surface area (Å²) in [5.74, 6) is 1.96. The van der Waals surface area contributed by atoms with E-state index in [1.165, 1.54) is 44.2 Å². The highest BCUT2D eigenvalue weighted by molar-refractivity contribution is 6.18. The second-order valence-corrected chi connectivity index (χ2v) is 11.6. The van der Waals surface area contributed by atoms with Gasteiger partial charge in [0.05, 0.1) is 0 Å². The van der Waals surface area contributed by atoms with Crippen molar-refractivity contribution in [3.05, 3.63) is 164 Å². The molecule has 0 N–H and O–H groups in total. The Hall–Kier alpha value is -6.19. The Morgan fingerprint density at radius 1 is 0.239 bits per heavy atom. The predicted molar refractivity (Wildman–Crippen MR) is 189 cm³/mol. The van der Waals surface area contributed by atoms with Crippen LogP contribution in [0.25, 0.3) is 89.4 Å². The summed E-state index contributed by atoms with van der Waals surface area (Å²) in [7, 11) is 0. The summed E-state index contributed by atoms with van der Waals surface area (Å²) >= 11 is 0. The van der Waals surface area contributed by atoms with Gasteiger partial charge in [-0.3, -0.25) is 0 Å². The minimum atomic E-state index is 0.652. The summed E-state index contributed by atoms with van der Waals surface area (Å²) in [5, 5.41) is 2.63. The molecule has 0 bridgehead atoms. The maximum absolute atomic E-state index is 5.00. The molecule has 1 aliphatic rings. The fraction of sp³-hybridized carbons (Fsp3) is 0. The summed E-state index contributed by atoms with van der Waals surface area (Å²) in [6, 6.07) is 57.4. The van der Waals surface area contributed by atoms with Crippen LogP contribution in [-0.2, 0) is 0 Å². The highest BCUT2D eigenvalue weighted by Crippen LogP contribution is 2.49. The molecular formula is C43H27N3. The van der Waals surface area contributed by atoms with Crippen molar-refractivity contribution >= 4 is 10.8 Å². The van der Waals surface area contributed by atoms with Crippen LogP contribution in [-0.4, -0.2) is 15.0 Å². The van der Waals surface area contributed by atoms with Gasteiger partial charge in [-0.2, -0.15) is 0 Å². The zero-order chi connectivity index (χ0) is 30.5. The molecule has 3 nitrogen and oxygen atoms in total. The van der Waals surface area contributed by atoms with Crippen molar-refractivity contribution in [2.24, 2.45) is 0 Å². The quantitative estimate of drug-likeness (QED) is 0.202. The Morgan fingerprint density at radius 3 is 1.28 bits per heavy atom. The van der Waals surface area contributed by atoms with Crippen LogP contribution in [0.15, 0.2) is 164 Å². The summed E-state index contributed by atoms with van der Waals surface area (Å²) in [6.45, 7) is 0. The van der Waals surface area contributed by atoms with E-state index in [0.29, 0.717) is 17.5 Å². The Morgan fingerprint density at radius 2 is 0.674 bits per heavy atom. The molecule has 9 rings (SSSR count). The number of rotatable bonds is 5. The monoisotopic (exact) mass is 585 g/mol. The summed E-state index contributed by atoms with van der Waals surface area (Å²) in [6.07, 6.45) is 0. The normalized spacial score (nSPS) is 11.5. The van der Waals surface area contributed by atoms with Gasteiger partial charge >= 0.3 is 0 Å². The van der Waals surface area contributed by atoms with E-state index < -0.39 is 0 Å². The minimum Gasteiger partial charge on any atom is -0.208 e. The van der Waals surface area contributed by atoms with Crippen molar-refractivity contribution in [2.45, 2.75) is 0 Å². The average molecular weight is 586 g/mol. The Balaban J connectivity index is 1.14. The van der Waals surface area contributed by atoms with Crippen LogP contribution in [0.3, 0.4) is 0 Å². The van der Waals surface area contributed by atoms with E-state index >= 15 is 0 Å². The van der Waals surface area contributed by atoms with Gasteiger partial charge in [0.25, 0.3) is 0 Å². The number of nitrogens with zero attached hydrogens (tertiary/aromatic N) is 3. The largest absolute Gasteiger partial charge is 0.208 e. The standard InChI is InChI=1S/C43H27N3/c1-3-12-30(13-4-1)41-44-42(31-14-5-2-6-15-31)46-43(45-41)39-19-10-7-16-32(39)28-22-24-29(25-23-28)33-26-27-38-35-18-9-8-17-34(35)37-21-11-20-36(33)40(37)38/h1-27H. The molecule has 0 unspecified atom stereocenters. The zero-order valence-electron chi connectivity index (χ0n) is 24.9. The third-order valence-electron chi connectivity index (χ3n) is 8.92. The molecule has 7 aromatic carbocycles. The van der Waals surface area contributed by atoms with Crippen LogP contribution in [0.2, 0.25) is 0 Å². The third-order valence-corrected chi connectivity index (χ3v) is 8.92. The summed E-state index contributed by atoms with van der Waals surface area (Å²) in [5.41, 5.74) is 12.8. The van der Waals surface area contributed by atoms with Crippen molar-refractivity contribution in [3.8, 4) is 78.7 Å². The molecule has 8 aromatic rings. The van der Waals surface area contributed by atoms with E-state index in [4.69, 9.17) is 15.0 Å². The van der Waals surface area contributed by atoms with Crippen LogP contribution in [0.4, 0.5) is 0 Å².